The summed E-state index contributed by atoms with van der Waals surface area (Å²) in [6, 6.07) is 16.4. The van der Waals surface area contributed by atoms with Gasteiger partial charge in [-0.15, -0.1) is 0 Å². The fourth-order valence-corrected chi connectivity index (χ4v) is 7.27. The Kier molecular flexibility index (Phi) is 4.98. The Bertz CT molecular complexity index is 1190. The van der Waals surface area contributed by atoms with Crippen LogP contribution in [-0.4, -0.2) is 39.0 Å². The van der Waals surface area contributed by atoms with Gasteiger partial charge >= 0.3 is 5.97 Å². The first kappa shape index (κ1) is 20.8. The number of nitrogens with zero attached hydrogens (tertiary/aromatic N) is 1. The highest BCUT2D eigenvalue weighted by Gasteiger charge is 2.55. The molecule has 2 aromatic carbocycles. The van der Waals surface area contributed by atoms with Crippen molar-refractivity contribution >= 4 is 34.4 Å². The average molecular weight is 463 g/mol. The number of aromatic amines is 1. The topological polar surface area (TPSA) is 73.4 Å². The Labute approximate surface area is 197 Å². The highest BCUT2D eigenvalue weighted by molar-refractivity contribution is 6.31. The summed E-state index contributed by atoms with van der Waals surface area (Å²) in [5.74, 6) is -0.296. The minimum Gasteiger partial charge on any atom is -0.481 e. The maximum Gasteiger partial charge on any atom is 0.307 e. The number of nitrogens with one attached hydrogen (secondary N) is 1. The van der Waals surface area contributed by atoms with E-state index < -0.39 is 5.97 Å². The number of carboxylic acids is 1. The van der Waals surface area contributed by atoms with Crippen molar-refractivity contribution in [3.8, 4) is 0 Å². The van der Waals surface area contributed by atoms with Crippen molar-refractivity contribution < 1.29 is 14.7 Å². The quantitative estimate of drug-likeness (QED) is 0.530. The highest BCUT2D eigenvalue weighted by Crippen LogP contribution is 2.53. The van der Waals surface area contributed by atoms with Gasteiger partial charge in [-0.3, -0.25) is 9.59 Å². The third kappa shape index (κ3) is 3.45. The van der Waals surface area contributed by atoms with Gasteiger partial charge in [-0.2, -0.15) is 0 Å². The number of carbonyl (C=O) groups is 2. The number of hydrogen-bond donors (Lipinski definition) is 2. The lowest BCUT2D eigenvalue weighted by Gasteiger charge is -2.58. The van der Waals surface area contributed by atoms with Crippen LogP contribution in [0, 0.1) is 17.8 Å². The Hall–Kier alpha value is -2.79. The van der Waals surface area contributed by atoms with E-state index in [1.807, 2.05) is 42.6 Å². The van der Waals surface area contributed by atoms with Crippen LogP contribution >= 0.6 is 11.6 Å². The predicted molar refractivity (Wildman–Crippen MR) is 127 cm³/mol. The first-order chi connectivity index (χ1) is 16.0. The van der Waals surface area contributed by atoms with Gasteiger partial charge in [0.25, 0.3) is 0 Å². The molecule has 3 heterocycles. The predicted octanol–water partition coefficient (Wildman–Crippen LogP) is 5.44. The molecule has 2 aliphatic carbocycles. The number of benzene rings is 2. The van der Waals surface area contributed by atoms with Crippen molar-refractivity contribution in [2.45, 2.75) is 50.1 Å². The zero-order valence-electron chi connectivity index (χ0n) is 18.3. The minimum absolute atomic E-state index is 0.0578. The number of carboxylic acid groups (broad SMARTS) is 1. The molecule has 2 saturated carbocycles. The third-order valence-electron chi connectivity index (χ3n) is 8.31. The summed E-state index contributed by atoms with van der Waals surface area (Å²) in [5.41, 5.74) is 3.20. The van der Waals surface area contributed by atoms with Crippen LogP contribution in [0.3, 0.4) is 0 Å². The maximum atomic E-state index is 13.8. The summed E-state index contributed by atoms with van der Waals surface area (Å²) in [7, 11) is 0. The molecule has 3 aromatic rings. The van der Waals surface area contributed by atoms with Crippen molar-refractivity contribution in [1.82, 2.24) is 9.88 Å². The number of fused-ring (bicyclic) bond motifs is 1. The van der Waals surface area contributed by atoms with E-state index in [4.69, 9.17) is 11.6 Å². The number of halogens is 1. The molecule has 0 spiro atoms. The van der Waals surface area contributed by atoms with E-state index in [1.54, 1.807) is 0 Å². The molecule has 7 rings (SSSR count). The molecule has 1 atom stereocenters. The van der Waals surface area contributed by atoms with Crippen LogP contribution in [-0.2, 0) is 9.59 Å². The number of aliphatic carboxylic acids is 1. The highest BCUT2D eigenvalue weighted by atomic mass is 35.5. The molecule has 4 aliphatic rings. The molecule has 4 bridgehead atoms. The van der Waals surface area contributed by atoms with E-state index in [0.29, 0.717) is 11.4 Å². The second-order valence-corrected chi connectivity index (χ2v) is 10.5. The van der Waals surface area contributed by atoms with E-state index in [2.05, 4.69) is 22.0 Å². The summed E-state index contributed by atoms with van der Waals surface area (Å²) in [5, 5.41) is 11.5. The van der Waals surface area contributed by atoms with Gasteiger partial charge in [-0.25, -0.2) is 0 Å². The number of aromatic nitrogens is 1. The molecule has 4 fully saturated rings. The molecule has 6 heteroatoms. The van der Waals surface area contributed by atoms with Crippen molar-refractivity contribution in [2.75, 3.05) is 0 Å². The molecule has 5 nitrogen and oxygen atoms in total. The van der Waals surface area contributed by atoms with E-state index in [0.717, 1.165) is 47.7 Å². The Morgan fingerprint density at radius 2 is 1.70 bits per heavy atom. The Morgan fingerprint density at radius 3 is 2.33 bits per heavy atom. The molecule has 0 radical (unpaired) electrons. The number of amides is 1. The van der Waals surface area contributed by atoms with Crippen LogP contribution in [0.25, 0.3) is 10.9 Å². The second-order valence-electron chi connectivity index (χ2n) is 10.0. The smallest absolute Gasteiger partial charge is 0.307 e. The number of rotatable bonds is 5. The van der Waals surface area contributed by atoms with E-state index in [1.165, 1.54) is 0 Å². The zero-order chi connectivity index (χ0) is 22.7. The molecule has 2 N–H and O–H groups in total. The lowest BCUT2D eigenvalue weighted by molar-refractivity contribution is -0.168. The van der Waals surface area contributed by atoms with Gasteiger partial charge in [0.15, 0.2) is 0 Å². The van der Waals surface area contributed by atoms with Gasteiger partial charge in [0.2, 0.25) is 5.91 Å². The third-order valence-corrected chi connectivity index (χ3v) is 8.54. The zero-order valence-corrected chi connectivity index (χ0v) is 19.0. The van der Waals surface area contributed by atoms with Crippen LogP contribution in [0.1, 0.15) is 49.1 Å². The Balaban J connectivity index is 1.30. The molecular weight excluding hydrogens is 436 g/mol. The van der Waals surface area contributed by atoms with Crippen molar-refractivity contribution in [2.24, 2.45) is 17.8 Å². The van der Waals surface area contributed by atoms with E-state index in [9.17, 15) is 14.7 Å². The van der Waals surface area contributed by atoms with E-state index >= 15 is 0 Å². The lowest BCUT2D eigenvalue weighted by atomic mass is 9.57. The summed E-state index contributed by atoms with van der Waals surface area (Å²) < 4.78 is 0. The van der Waals surface area contributed by atoms with Crippen molar-refractivity contribution in [3.05, 3.63) is 70.9 Å². The first-order valence-electron chi connectivity index (χ1n) is 11.8. The maximum absolute atomic E-state index is 13.8. The van der Waals surface area contributed by atoms with E-state index in [-0.39, 0.29) is 41.7 Å². The summed E-state index contributed by atoms with van der Waals surface area (Å²) in [4.78, 5) is 31.0. The largest absolute Gasteiger partial charge is 0.481 e. The van der Waals surface area contributed by atoms with Crippen LogP contribution in [0.4, 0.5) is 0 Å². The molecule has 1 unspecified atom stereocenters. The van der Waals surface area contributed by atoms with Gasteiger partial charge in [0.05, 0.1) is 5.92 Å². The number of hydrogen-bond acceptors (Lipinski definition) is 2. The monoisotopic (exact) mass is 462 g/mol. The fourth-order valence-electron chi connectivity index (χ4n) is 7.10. The molecule has 1 aromatic heterocycles. The molecule has 170 valence electrons. The van der Waals surface area contributed by atoms with Gasteiger partial charge in [-0.05, 0) is 60.8 Å². The minimum atomic E-state index is -0.648. The Morgan fingerprint density at radius 1 is 1.03 bits per heavy atom. The van der Waals surface area contributed by atoms with Crippen LogP contribution in [0.15, 0.2) is 54.7 Å². The van der Waals surface area contributed by atoms with Crippen LogP contribution < -0.4 is 0 Å². The molecule has 2 saturated heterocycles. The van der Waals surface area contributed by atoms with Crippen LogP contribution in [0.5, 0.6) is 0 Å². The second kappa shape index (κ2) is 7.91. The lowest BCUT2D eigenvalue weighted by Crippen LogP contribution is -2.63. The average Bonchev–Trinajstić information content (AvgIpc) is 3.20. The number of H-pyrrole nitrogens is 1. The summed E-state index contributed by atoms with van der Waals surface area (Å²) >= 11 is 6.19. The molecule has 1 amide bonds. The van der Waals surface area contributed by atoms with Crippen molar-refractivity contribution in [1.29, 1.82) is 0 Å². The van der Waals surface area contributed by atoms with Gasteiger partial charge in [-0.1, -0.05) is 48.0 Å². The fraction of sp³-hybridized carbons (Fsp3) is 0.407. The van der Waals surface area contributed by atoms with Crippen molar-refractivity contribution in [3.63, 3.8) is 0 Å². The SMILES string of the molecule is O=C(O)C1C2CC3CC1CC(C2)N3C(=O)CC(c1ccccc1)c1c[nH]c2cc(Cl)ccc12. The summed E-state index contributed by atoms with van der Waals surface area (Å²) in [6.07, 6.45) is 5.74. The number of piperidine rings is 2. The molecule has 33 heavy (non-hydrogen) atoms. The van der Waals surface area contributed by atoms with Gasteiger partial charge in [0, 0.05) is 46.5 Å². The van der Waals surface area contributed by atoms with Crippen LogP contribution in [0.2, 0.25) is 5.02 Å². The molecular formula is C27H27ClN2O3. The first-order valence-corrected chi connectivity index (χ1v) is 12.2. The molecule has 2 aliphatic heterocycles. The summed E-state index contributed by atoms with van der Waals surface area (Å²) in [6.45, 7) is 0. The normalized spacial score (nSPS) is 28.9. The number of carbonyl (C=O) groups excluding carboxylic acids is 1. The standard InChI is InChI=1S/C27H27ClN2O3/c28-18-6-7-21-23(14-29-24(21)12-18)22(15-4-2-1-3-5-15)13-25(31)30-19-8-16-9-20(30)11-17(10-19)26(16)27(32)33/h1-7,12,14,16-17,19-20,22,26,29H,8-11,13H2,(H,32,33). The van der Waals surface area contributed by atoms with Gasteiger partial charge < -0.3 is 15.0 Å². The van der Waals surface area contributed by atoms with Gasteiger partial charge in [0.1, 0.15) is 0 Å².